The zero-order valence-electron chi connectivity index (χ0n) is 43.0. The molecule has 0 radical (unpaired) electrons. The van der Waals surface area contributed by atoms with Crippen molar-refractivity contribution in [3.63, 3.8) is 0 Å². The van der Waals surface area contributed by atoms with Crippen LogP contribution in [0, 0.1) is 0 Å². The molecule has 22 fully saturated rings. The van der Waals surface area contributed by atoms with E-state index in [-0.39, 0.29) is 0 Å². The van der Waals surface area contributed by atoms with Crippen molar-refractivity contribution < 1.29 is 178 Å². The van der Waals surface area contributed by atoms with Crippen molar-refractivity contribution in [2.45, 2.75) is 221 Å². The van der Waals surface area contributed by atoms with E-state index >= 15 is 0 Å². The quantitative estimate of drug-likeness (QED) is 0.0793. The number of epoxide rings is 1. The molecule has 22 heterocycles. The molecular formula is C45H75ClO36. The Morgan fingerprint density at radius 3 is 0.451 bits per heavy atom. The standard InChI is InChI=1S/C42H70O35.C3H5ClO/c43-1-8-29-15(50)22(57)36(64-8)72-30-9(2-44)66-38(24(59)17(30)52)74-32-11(4-46)68-40(26(61)19(32)54)76-34-13(6-48)70-42(28(63)21(34)56)77-35-14(7-49)69-41(27(62)20(35)55)75-33-12(5-47)67-39(25(60)18(33)53)73-31-10(3-45)65-37(71-29)23(58)16(31)51;4-1-3-2-5-3/h8-63H,1-7H2;3H,1-2H2/t8?,9?,10?,11?,12?,13?,14?,15?,16?,17?,18?,19?,20?,21?,22?,23?,24?,25?,26?,27?,28?,29-,30-,31-,32-,33-,34-,35-,36+,37+,38+,39+,40+,41+,42+;/m1./s1. The molecule has 0 aromatic rings. The van der Waals surface area contributed by atoms with Crippen LogP contribution in [0.1, 0.15) is 0 Å². The first-order valence-electron chi connectivity index (χ1n) is 26.2. The van der Waals surface area contributed by atoms with Gasteiger partial charge in [0.25, 0.3) is 0 Å². The van der Waals surface area contributed by atoms with Gasteiger partial charge in [0, 0.05) is 0 Å². The van der Waals surface area contributed by atoms with E-state index in [1.807, 2.05) is 0 Å². The van der Waals surface area contributed by atoms with Gasteiger partial charge in [-0.2, -0.15) is 0 Å². The molecule has 0 aromatic heterocycles. The zero-order valence-corrected chi connectivity index (χ0v) is 43.8. The molecule has 36 nitrogen and oxygen atoms in total. The Bertz CT molecular complexity index is 1580. The number of ether oxygens (including phenoxy) is 15. The van der Waals surface area contributed by atoms with Crippen LogP contribution in [0.25, 0.3) is 0 Å². The van der Waals surface area contributed by atoms with Crippen LogP contribution in [0.2, 0.25) is 0 Å². The Kier molecular flexibility index (Phi) is 23.6. The van der Waals surface area contributed by atoms with Gasteiger partial charge >= 0.3 is 0 Å². The van der Waals surface area contributed by atoms with Gasteiger partial charge < -0.3 is 178 Å². The molecule has 0 saturated carbocycles. The summed E-state index contributed by atoms with van der Waals surface area (Å²) in [5, 5.41) is 230. The Hall–Kier alpha value is -1.15. The molecule has 37 heteroatoms. The van der Waals surface area contributed by atoms with Crippen molar-refractivity contribution in [3.05, 3.63) is 0 Å². The lowest BCUT2D eigenvalue weighted by Gasteiger charge is -2.50. The molecule has 82 heavy (non-hydrogen) atoms. The van der Waals surface area contributed by atoms with Gasteiger partial charge in [0.15, 0.2) is 44.0 Å². The smallest absolute Gasteiger partial charge is 0.187 e. The third-order valence-corrected chi connectivity index (χ3v) is 15.7. The summed E-state index contributed by atoms with van der Waals surface area (Å²) in [6.45, 7) is -6.45. The van der Waals surface area contributed by atoms with E-state index in [0.29, 0.717) is 12.0 Å². The number of hydrogen-bond donors (Lipinski definition) is 21. The van der Waals surface area contributed by atoms with Crippen molar-refractivity contribution in [1.29, 1.82) is 0 Å². The summed E-state index contributed by atoms with van der Waals surface area (Å²) in [5.74, 6) is 0.667. The fourth-order valence-electron chi connectivity index (χ4n) is 10.6. The molecule has 478 valence electrons. The molecule has 0 spiro atoms. The first-order chi connectivity index (χ1) is 39.1. The molecule has 0 aromatic carbocycles. The molecule has 22 aliphatic heterocycles. The van der Waals surface area contributed by atoms with Gasteiger partial charge in [-0.05, 0) is 0 Å². The summed E-state index contributed by atoms with van der Waals surface area (Å²) in [4.78, 5) is 0. The maximum atomic E-state index is 11.3. The second-order valence-corrected chi connectivity index (χ2v) is 21.1. The van der Waals surface area contributed by atoms with Gasteiger partial charge in [-0.25, -0.2) is 0 Å². The van der Waals surface area contributed by atoms with Gasteiger partial charge in [-0.1, -0.05) is 0 Å². The lowest BCUT2D eigenvalue weighted by molar-refractivity contribution is -0.396. The molecule has 22 unspecified atom stereocenters. The third kappa shape index (κ3) is 13.8. The molecular weight excluding hydrogens is 1150 g/mol. The fraction of sp³-hybridized carbons (Fsp3) is 1.00. The van der Waals surface area contributed by atoms with E-state index in [1.54, 1.807) is 0 Å². The molecule has 22 rings (SSSR count). The van der Waals surface area contributed by atoms with Crippen LogP contribution < -0.4 is 0 Å². The average Bonchev–Trinajstić information content (AvgIpc) is 4.35. The van der Waals surface area contributed by atoms with Gasteiger partial charge in [-0.3, -0.25) is 0 Å². The first-order valence-corrected chi connectivity index (χ1v) is 26.8. The lowest BCUT2D eigenvalue weighted by Crippen LogP contribution is -2.68. The van der Waals surface area contributed by atoms with Crippen molar-refractivity contribution in [2.75, 3.05) is 58.7 Å². The van der Waals surface area contributed by atoms with E-state index in [1.165, 1.54) is 0 Å². The summed E-state index contributed by atoms with van der Waals surface area (Å²) in [7, 11) is 0. The molecule has 0 aliphatic carbocycles. The number of hydrogen-bond acceptors (Lipinski definition) is 36. The molecule has 22 saturated heterocycles. The van der Waals surface area contributed by atoms with Crippen molar-refractivity contribution >= 4 is 11.6 Å². The molecule has 14 bridgehead atoms. The number of halogens is 1. The number of aliphatic hydroxyl groups is 21. The SMILES string of the molecule is ClCC1CO1.OCC1O[C@H]2O[C@@H]3C(CO)O[C@@H](O[C@@H]4C(CO)O[C@@H](O[C@@H]5C(CO)O[C@@H](O[C@@H]6C(CO)O[C@@H](O[C@@H]7C(CO)O[C@@H](O[C@@H]8C(CO)O[C@@H](O[C@H]1C(O)C2O)C(O)C8O)C(O)C7O)C(O)C6O)C(O)C5O)C(O)C4O)C(O)C3O. The molecule has 21 N–H and O–H groups in total. The highest BCUT2D eigenvalue weighted by atomic mass is 35.5. The molecule has 0 amide bonds. The van der Waals surface area contributed by atoms with Gasteiger partial charge in [0.05, 0.1) is 64.8 Å². The van der Waals surface area contributed by atoms with Crippen LogP contribution in [0.4, 0.5) is 0 Å². The third-order valence-electron chi connectivity index (χ3n) is 15.4. The predicted octanol–water partition coefficient (Wildman–Crippen LogP) is -14.6. The Balaban J connectivity index is 0.00000167. The summed E-state index contributed by atoms with van der Waals surface area (Å²) >= 11 is 5.27. The normalized spacial score (nSPS) is 54.1. The predicted molar refractivity (Wildman–Crippen MR) is 249 cm³/mol. The Morgan fingerprint density at radius 2 is 0.366 bits per heavy atom. The fourth-order valence-corrected chi connectivity index (χ4v) is 10.8. The van der Waals surface area contributed by atoms with Crippen molar-refractivity contribution in [3.8, 4) is 0 Å². The largest absolute Gasteiger partial charge is 0.394 e. The lowest BCUT2D eigenvalue weighted by atomic mass is 9.95. The summed E-state index contributed by atoms with van der Waals surface area (Å²) in [6.07, 6.45) is -69.8. The zero-order chi connectivity index (χ0) is 59.8. The second-order valence-electron chi connectivity index (χ2n) is 20.8. The van der Waals surface area contributed by atoms with Crippen LogP contribution in [0.3, 0.4) is 0 Å². The second kappa shape index (κ2) is 29.0. The Labute approximate surface area is 468 Å². The van der Waals surface area contributed by atoms with E-state index in [2.05, 4.69) is 0 Å². The summed E-state index contributed by atoms with van der Waals surface area (Å²) in [6, 6.07) is 0. The molecule has 36 atom stereocenters. The number of rotatable bonds is 8. The van der Waals surface area contributed by atoms with Crippen LogP contribution in [-0.2, 0) is 71.1 Å². The molecule has 22 aliphatic rings. The average molecular weight is 1230 g/mol. The van der Waals surface area contributed by atoms with E-state index in [9.17, 15) is 107 Å². The highest BCUT2D eigenvalue weighted by Crippen LogP contribution is 2.39. The van der Waals surface area contributed by atoms with Crippen LogP contribution in [0.5, 0.6) is 0 Å². The first kappa shape index (κ1) is 66.8. The highest BCUT2D eigenvalue weighted by Gasteiger charge is 2.59. The van der Waals surface area contributed by atoms with E-state index < -0.39 is 261 Å². The number of aliphatic hydroxyl groups excluding tert-OH is 21. The highest BCUT2D eigenvalue weighted by molar-refractivity contribution is 6.18. The maximum Gasteiger partial charge on any atom is 0.187 e. The summed E-state index contributed by atoms with van der Waals surface area (Å²) < 4.78 is 84.2. The van der Waals surface area contributed by atoms with Crippen molar-refractivity contribution in [1.82, 2.24) is 0 Å². The maximum absolute atomic E-state index is 11.3. The van der Waals surface area contributed by atoms with Crippen LogP contribution >= 0.6 is 11.6 Å². The summed E-state index contributed by atoms with van der Waals surface area (Å²) in [5.41, 5.74) is 0. The van der Waals surface area contributed by atoms with Gasteiger partial charge in [-0.15, -0.1) is 11.6 Å². The van der Waals surface area contributed by atoms with Gasteiger partial charge in [0.1, 0.15) is 171 Å². The Morgan fingerprint density at radius 1 is 0.232 bits per heavy atom. The minimum absolute atomic E-state index is 0.400. The topological polar surface area (TPSA) is 567 Å². The number of alkyl halides is 1. The van der Waals surface area contributed by atoms with Gasteiger partial charge in [0.2, 0.25) is 0 Å². The monoisotopic (exact) mass is 1230 g/mol. The van der Waals surface area contributed by atoms with E-state index in [4.69, 9.17) is 82.7 Å². The minimum Gasteiger partial charge on any atom is -0.394 e. The van der Waals surface area contributed by atoms with Crippen LogP contribution in [-0.4, -0.2) is 387 Å². The van der Waals surface area contributed by atoms with Crippen LogP contribution in [0.15, 0.2) is 0 Å². The van der Waals surface area contributed by atoms with E-state index in [0.717, 1.165) is 6.61 Å². The minimum atomic E-state index is -2.21. The van der Waals surface area contributed by atoms with Crippen molar-refractivity contribution in [2.24, 2.45) is 0 Å².